The van der Waals surface area contributed by atoms with Gasteiger partial charge in [-0.15, -0.1) is 10.2 Å². The number of aromatic nitrogens is 3. The molecule has 1 heterocycles. The van der Waals surface area contributed by atoms with E-state index in [1.54, 1.807) is 55.6 Å². The minimum Gasteiger partial charge on any atom is -0.497 e. The van der Waals surface area contributed by atoms with Crippen LogP contribution in [0, 0.1) is 13.8 Å². The molecule has 4 aromatic rings. The van der Waals surface area contributed by atoms with Crippen LogP contribution >= 0.6 is 11.8 Å². The number of aryl methyl sites for hydroxylation is 2. The highest BCUT2D eigenvalue weighted by Gasteiger charge is 2.19. The molecule has 3 aromatic carbocycles. The lowest BCUT2D eigenvalue weighted by Gasteiger charge is -2.14. The van der Waals surface area contributed by atoms with Gasteiger partial charge < -0.3 is 20.1 Å². The first-order valence-electron chi connectivity index (χ1n) is 13.5. The summed E-state index contributed by atoms with van der Waals surface area (Å²) in [5.74, 6) is 1.74. The molecule has 0 aliphatic rings. The molecule has 0 aliphatic heterocycles. The van der Waals surface area contributed by atoms with E-state index in [-0.39, 0.29) is 24.1 Å². The summed E-state index contributed by atoms with van der Waals surface area (Å²) in [6, 6.07) is 20.3. The summed E-state index contributed by atoms with van der Waals surface area (Å²) in [7, 11) is 1.60. The highest BCUT2D eigenvalue weighted by atomic mass is 32.2. The van der Waals surface area contributed by atoms with Crippen molar-refractivity contribution in [3.63, 3.8) is 0 Å². The number of amides is 2. The van der Waals surface area contributed by atoms with Crippen molar-refractivity contribution in [2.75, 3.05) is 24.8 Å². The average Bonchev–Trinajstić information content (AvgIpc) is 3.39. The van der Waals surface area contributed by atoms with Gasteiger partial charge in [-0.2, -0.15) is 0 Å². The van der Waals surface area contributed by atoms with Crippen LogP contribution in [0.25, 0.3) is 5.69 Å². The number of methoxy groups -OCH3 is 1. The van der Waals surface area contributed by atoms with Gasteiger partial charge in [0.05, 0.1) is 31.7 Å². The van der Waals surface area contributed by atoms with Crippen LogP contribution in [0.2, 0.25) is 0 Å². The largest absolute Gasteiger partial charge is 0.497 e. The number of anilines is 1. The molecule has 0 saturated carbocycles. The van der Waals surface area contributed by atoms with E-state index in [9.17, 15) is 9.59 Å². The van der Waals surface area contributed by atoms with E-state index >= 15 is 0 Å². The van der Waals surface area contributed by atoms with E-state index in [2.05, 4.69) is 27.8 Å². The van der Waals surface area contributed by atoms with Crippen molar-refractivity contribution in [1.82, 2.24) is 20.1 Å². The van der Waals surface area contributed by atoms with E-state index in [1.165, 1.54) is 11.8 Å². The predicted molar refractivity (Wildman–Crippen MR) is 161 cm³/mol. The van der Waals surface area contributed by atoms with Crippen LogP contribution in [0.15, 0.2) is 71.9 Å². The number of thioether (sulfide) groups is 1. The number of hydrogen-bond donors (Lipinski definition) is 2. The lowest BCUT2D eigenvalue weighted by Crippen LogP contribution is -2.24. The molecule has 4 rings (SSSR count). The van der Waals surface area contributed by atoms with Crippen LogP contribution < -0.4 is 20.1 Å². The molecule has 2 amide bonds. The number of hydrogen-bond acceptors (Lipinski definition) is 7. The Bertz CT molecular complexity index is 1470. The molecule has 0 spiro atoms. The second kappa shape index (κ2) is 14.4. The van der Waals surface area contributed by atoms with E-state index < -0.39 is 0 Å². The molecule has 0 atom stereocenters. The third-order valence-electron chi connectivity index (χ3n) is 6.30. The van der Waals surface area contributed by atoms with Crippen molar-refractivity contribution >= 4 is 29.3 Å². The van der Waals surface area contributed by atoms with Crippen molar-refractivity contribution in [3.05, 3.63) is 89.2 Å². The number of nitrogens with one attached hydrogen (secondary N) is 2. The van der Waals surface area contributed by atoms with E-state index in [0.29, 0.717) is 34.6 Å². The van der Waals surface area contributed by atoms with E-state index in [0.717, 1.165) is 35.4 Å². The molecule has 2 N–H and O–H groups in total. The van der Waals surface area contributed by atoms with Gasteiger partial charge in [-0.1, -0.05) is 37.2 Å². The lowest BCUT2D eigenvalue weighted by molar-refractivity contribution is -0.113. The zero-order chi connectivity index (χ0) is 29.2. The van der Waals surface area contributed by atoms with Gasteiger partial charge in [-0.3, -0.25) is 14.2 Å². The van der Waals surface area contributed by atoms with Crippen LogP contribution in [0.3, 0.4) is 0 Å². The Balaban J connectivity index is 1.47. The molecule has 0 fully saturated rings. The molecule has 1 aromatic heterocycles. The molecule has 0 aliphatic carbocycles. The van der Waals surface area contributed by atoms with Crippen LogP contribution in [-0.2, 0) is 11.3 Å². The van der Waals surface area contributed by atoms with Gasteiger partial charge in [0.1, 0.15) is 11.5 Å². The zero-order valence-corrected chi connectivity index (χ0v) is 24.6. The molecule has 9 nitrogen and oxygen atoms in total. The SMILES string of the molecule is CCCCOc1ccc(C(=O)NCc2nnc(SCC(=O)Nc3ccc(OC)cc3)n2-c2cc(C)ccc2C)cc1. The molecule has 41 heavy (non-hydrogen) atoms. The maximum absolute atomic E-state index is 12.9. The normalized spacial score (nSPS) is 10.7. The van der Waals surface area contributed by atoms with Crippen molar-refractivity contribution in [1.29, 1.82) is 0 Å². The van der Waals surface area contributed by atoms with E-state index in [1.807, 2.05) is 36.6 Å². The Morgan fingerprint density at radius 2 is 1.68 bits per heavy atom. The van der Waals surface area contributed by atoms with Crippen LogP contribution in [0.5, 0.6) is 11.5 Å². The standard InChI is InChI=1S/C31H35N5O4S/c1-5-6-17-40-26-13-9-23(10-14-26)30(38)32-19-28-34-35-31(36(28)27-18-21(2)7-8-22(27)3)41-20-29(37)33-24-11-15-25(39-4)16-12-24/h7-16,18H,5-6,17,19-20H2,1-4H3,(H,32,38)(H,33,37). The minimum absolute atomic E-state index is 0.133. The number of ether oxygens (including phenoxy) is 2. The average molecular weight is 574 g/mol. The summed E-state index contributed by atoms with van der Waals surface area (Å²) in [6.07, 6.45) is 2.04. The zero-order valence-electron chi connectivity index (χ0n) is 23.8. The molecule has 0 radical (unpaired) electrons. The fourth-order valence-electron chi connectivity index (χ4n) is 4.01. The van der Waals surface area contributed by atoms with Crippen molar-refractivity contribution in [2.24, 2.45) is 0 Å². The Hall–Kier alpha value is -4.31. The lowest BCUT2D eigenvalue weighted by atomic mass is 10.1. The highest BCUT2D eigenvalue weighted by Crippen LogP contribution is 2.26. The maximum atomic E-state index is 12.9. The minimum atomic E-state index is -0.228. The molecular weight excluding hydrogens is 538 g/mol. The summed E-state index contributed by atoms with van der Waals surface area (Å²) in [5, 5.41) is 15.1. The summed E-state index contributed by atoms with van der Waals surface area (Å²) in [6.45, 7) is 6.94. The summed E-state index contributed by atoms with van der Waals surface area (Å²) < 4.78 is 12.8. The van der Waals surface area contributed by atoms with Crippen molar-refractivity contribution < 1.29 is 19.1 Å². The highest BCUT2D eigenvalue weighted by molar-refractivity contribution is 7.99. The van der Waals surface area contributed by atoms with Crippen molar-refractivity contribution in [3.8, 4) is 17.2 Å². The van der Waals surface area contributed by atoms with Crippen LogP contribution in [0.4, 0.5) is 5.69 Å². The number of rotatable bonds is 13. The molecule has 10 heteroatoms. The Morgan fingerprint density at radius 1 is 0.951 bits per heavy atom. The number of benzene rings is 3. The van der Waals surface area contributed by atoms with Crippen LogP contribution in [0.1, 0.15) is 47.1 Å². The molecule has 0 bridgehead atoms. The number of carbonyl (C=O) groups excluding carboxylic acids is 2. The van der Waals surface area contributed by atoms with Gasteiger partial charge in [0, 0.05) is 11.3 Å². The monoisotopic (exact) mass is 573 g/mol. The molecule has 0 unspecified atom stereocenters. The number of nitrogens with zero attached hydrogens (tertiary/aromatic N) is 3. The molecule has 0 saturated heterocycles. The van der Waals surface area contributed by atoms with Gasteiger partial charge in [0.25, 0.3) is 5.91 Å². The summed E-state index contributed by atoms with van der Waals surface area (Å²) in [5.41, 5.74) is 4.19. The topological polar surface area (TPSA) is 107 Å². The first kappa shape index (κ1) is 29.7. The smallest absolute Gasteiger partial charge is 0.251 e. The fourth-order valence-corrected chi connectivity index (χ4v) is 4.77. The van der Waals surface area contributed by atoms with Crippen LogP contribution in [-0.4, -0.2) is 46.0 Å². The Kier molecular flexibility index (Phi) is 10.4. The molecule has 214 valence electrons. The first-order chi connectivity index (χ1) is 19.9. The van der Waals surface area contributed by atoms with Gasteiger partial charge in [-0.25, -0.2) is 0 Å². The summed E-state index contributed by atoms with van der Waals surface area (Å²) in [4.78, 5) is 25.6. The third-order valence-corrected chi connectivity index (χ3v) is 7.23. The van der Waals surface area contributed by atoms with Crippen molar-refractivity contribution in [2.45, 2.75) is 45.3 Å². The second-order valence-corrected chi connectivity index (χ2v) is 10.4. The van der Waals surface area contributed by atoms with E-state index in [4.69, 9.17) is 9.47 Å². The Labute approximate surface area is 244 Å². The maximum Gasteiger partial charge on any atom is 0.251 e. The fraction of sp³-hybridized carbons (Fsp3) is 0.290. The third kappa shape index (κ3) is 8.11. The Morgan fingerprint density at radius 3 is 2.39 bits per heavy atom. The number of carbonyl (C=O) groups is 2. The molecular formula is C31H35N5O4S. The first-order valence-corrected chi connectivity index (χ1v) is 14.5. The summed E-state index contributed by atoms with van der Waals surface area (Å²) >= 11 is 1.28. The van der Waals surface area contributed by atoms with Gasteiger partial charge >= 0.3 is 0 Å². The van der Waals surface area contributed by atoms with Gasteiger partial charge in [0.2, 0.25) is 5.91 Å². The number of unbranched alkanes of at least 4 members (excludes halogenated alkanes) is 1. The van der Waals surface area contributed by atoms with Gasteiger partial charge in [-0.05, 0) is 86.0 Å². The quantitative estimate of drug-likeness (QED) is 0.155. The predicted octanol–water partition coefficient (Wildman–Crippen LogP) is 5.73. The second-order valence-electron chi connectivity index (χ2n) is 9.50. The van der Waals surface area contributed by atoms with Gasteiger partial charge in [0.15, 0.2) is 11.0 Å².